The molecule has 0 saturated carbocycles. The van der Waals surface area contributed by atoms with Crippen LogP contribution >= 0.6 is 61.2 Å². The fraction of sp³-hybridized carbons (Fsp3) is 0.714. The molecule has 0 saturated heterocycles. The van der Waals surface area contributed by atoms with E-state index in [9.17, 15) is 0 Å². The van der Waals surface area contributed by atoms with Crippen LogP contribution in [0.5, 0.6) is 0 Å². The van der Waals surface area contributed by atoms with Gasteiger partial charge >= 0.3 is 65.3 Å². The molecule has 0 heterocycles. The summed E-state index contributed by atoms with van der Waals surface area (Å²) < 4.78 is 0.306. The van der Waals surface area contributed by atoms with Gasteiger partial charge in [0.2, 0.25) is 0 Å². The first kappa shape index (κ1) is 18.5. The minimum absolute atomic E-state index is 0.0185. The first-order chi connectivity index (χ1) is 6.45. The standard InChI is InChI=1S/C7H15N2O.Co.3HI/c1-4-8-9-7(5-10)6(2)3;;;;/h6,8,10H,1,4-5H2,2-3H3;;3*1H/q-1;+3;;;/p-3/b9-7+;;;;. The van der Waals surface area contributed by atoms with Gasteiger partial charge in [0, 0.05) is 0 Å². The molecule has 0 atom stereocenters. The van der Waals surface area contributed by atoms with E-state index in [-0.39, 0.29) is 6.61 Å². The van der Waals surface area contributed by atoms with Crippen molar-refractivity contribution in [1.29, 1.82) is 0 Å². The van der Waals surface area contributed by atoms with Crippen LogP contribution in [0.1, 0.15) is 13.8 Å². The number of aliphatic hydroxyl groups is 1. The number of hydrogen-bond acceptors (Lipinski definition) is 3. The Labute approximate surface area is 124 Å². The molecule has 0 amide bonds. The van der Waals surface area contributed by atoms with Gasteiger partial charge in [-0.3, -0.25) is 0 Å². The average Bonchev–Trinajstić information content (AvgIpc) is 2.04. The van der Waals surface area contributed by atoms with Gasteiger partial charge < -0.3 is 17.5 Å². The fourth-order valence-corrected chi connectivity index (χ4v) is 0.504. The van der Waals surface area contributed by atoms with Crippen LogP contribution < -0.4 is 5.43 Å². The summed E-state index contributed by atoms with van der Waals surface area (Å²) in [6, 6.07) is 0. The number of nitrogens with one attached hydrogen (secondary N) is 1. The quantitative estimate of drug-likeness (QED) is 0.232. The van der Waals surface area contributed by atoms with Gasteiger partial charge in [0.1, 0.15) is 0 Å². The van der Waals surface area contributed by atoms with Gasteiger partial charge in [-0.05, 0) is 5.92 Å². The molecule has 3 nitrogen and oxygen atoms in total. The van der Waals surface area contributed by atoms with Gasteiger partial charge in [0.05, 0.1) is 12.3 Å². The van der Waals surface area contributed by atoms with E-state index in [2.05, 4.69) is 78.7 Å². The molecular weight excluding hydrogens is 568 g/mol. The predicted molar refractivity (Wildman–Crippen MR) is 84.8 cm³/mol. The van der Waals surface area contributed by atoms with Gasteiger partial charge in [-0.25, -0.2) is 0 Å². The van der Waals surface area contributed by atoms with E-state index in [0.29, 0.717) is 16.5 Å². The van der Waals surface area contributed by atoms with Crippen molar-refractivity contribution >= 4 is 67.0 Å². The Bertz CT molecular complexity index is 153. The zero-order valence-electron chi connectivity index (χ0n) is 8.06. The number of rotatable bonds is 4. The average molecular weight is 583 g/mol. The molecule has 0 aliphatic carbocycles. The molecule has 0 aromatic heterocycles. The van der Waals surface area contributed by atoms with Gasteiger partial charge in [0.25, 0.3) is 0 Å². The van der Waals surface area contributed by atoms with E-state index in [0.717, 1.165) is 5.71 Å². The fourth-order valence-electron chi connectivity index (χ4n) is 0.504. The van der Waals surface area contributed by atoms with Crippen LogP contribution in [-0.4, -0.2) is 24.0 Å². The van der Waals surface area contributed by atoms with Crippen molar-refractivity contribution < 1.29 is 9.11 Å². The normalized spacial score (nSPS) is 12.0. The Hall–Kier alpha value is 2.13. The summed E-state index contributed by atoms with van der Waals surface area (Å²) in [5, 5.41) is 12.6. The summed E-state index contributed by atoms with van der Waals surface area (Å²) in [5.41, 5.74) is 3.46. The topological polar surface area (TPSA) is 44.6 Å². The van der Waals surface area contributed by atoms with Gasteiger partial charge in [-0.2, -0.15) is 5.10 Å². The van der Waals surface area contributed by atoms with Crippen molar-refractivity contribution in [2.24, 2.45) is 11.0 Å². The second kappa shape index (κ2) is 13.2. The second-order valence-corrected chi connectivity index (χ2v) is 28.8. The number of nitrogens with zero attached hydrogens (tertiary/aromatic N) is 1. The van der Waals surface area contributed by atoms with Crippen LogP contribution in [0.25, 0.3) is 0 Å². The number of aliphatic hydroxyl groups excluding tert-OH is 1. The van der Waals surface area contributed by atoms with Crippen LogP contribution in [0, 0.1) is 12.8 Å². The van der Waals surface area contributed by atoms with E-state index in [1.807, 2.05) is 13.8 Å². The molecular formula is C7H15CoI3N2O-. The third kappa shape index (κ3) is 16.6. The Morgan fingerprint density at radius 3 is 2.14 bits per heavy atom. The third-order valence-corrected chi connectivity index (χ3v) is 1.16. The number of hydrazone groups is 1. The summed E-state index contributed by atoms with van der Waals surface area (Å²) >= 11 is 7.14. The molecule has 0 unspecified atom stereocenters. The first-order valence-corrected chi connectivity index (χ1v) is 13.9. The van der Waals surface area contributed by atoms with Crippen molar-refractivity contribution in [3.8, 4) is 0 Å². The molecule has 0 aliphatic rings. The van der Waals surface area contributed by atoms with Crippen molar-refractivity contribution in [3.05, 3.63) is 6.92 Å². The number of halogens is 3. The van der Waals surface area contributed by atoms with E-state index in [1.54, 1.807) is 0 Å². The van der Waals surface area contributed by atoms with Crippen LogP contribution in [0.15, 0.2) is 5.10 Å². The van der Waals surface area contributed by atoms with E-state index < -0.39 is 0 Å². The van der Waals surface area contributed by atoms with Gasteiger partial charge in [-0.15, -0.1) is 0 Å². The molecule has 0 aromatic rings. The molecule has 2 N–H and O–H groups in total. The van der Waals surface area contributed by atoms with Crippen LogP contribution in [0.2, 0.25) is 0 Å². The van der Waals surface area contributed by atoms with Crippen LogP contribution in [0.3, 0.4) is 0 Å². The second-order valence-electron chi connectivity index (χ2n) is 2.47. The van der Waals surface area contributed by atoms with Gasteiger partial charge in [0.15, 0.2) is 0 Å². The maximum atomic E-state index is 8.73. The van der Waals surface area contributed by atoms with Crippen molar-refractivity contribution in [2.75, 3.05) is 13.2 Å². The molecule has 14 heavy (non-hydrogen) atoms. The molecule has 7 heteroatoms. The van der Waals surface area contributed by atoms with E-state index in [4.69, 9.17) is 5.11 Å². The van der Waals surface area contributed by atoms with Crippen molar-refractivity contribution in [1.82, 2.24) is 5.43 Å². The van der Waals surface area contributed by atoms with E-state index in [1.165, 1.54) is 0 Å². The van der Waals surface area contributed by atoms with E-state index >= 15 is 0 Å². The third-order valence-electron chi connectivity index (χ3n) is 1.16. The predicted octanol–water partition coefficient (Wildman–Crippen LogP) is 3.07. The summed E-state index contributed by atoms with van der Waals surface area (Å²) in [5.74, 6) is 0.295. The zero-order chi connectivity index (χ0) is 11.6. The summed E-state index contributed by atoms with van der Waals surface area (Å²) in [7, 11) is 0. The molecule has 0 rings (SSSR count). The molecule has 0 radical (unpaired) electrons. The summed E-state index contributed by atoms with van der Waals surface area (Å²) in [6.07, 6.45) is 0. The Morgan fingerprint density at radius 1 is 1.50 bits per heavy atom. The minimum atomic E-state index is 0.0185. The number of hydrogen-bond donors (Lipinski definition) is 2. The summed E-state index contributed by atoms with van der Waals surface area (Å²) in [4.78, 5) is 0. The SMILES string of the molecule is [CH2-]CN/N=C(\CO)C(C)C.[I][Co]([I])[I]. The molecule has 0 aromatic carbocycles. The first-order valence-electron chi connectivity index (χ1n) is 3.79. The molecule has 0 spiro atoms. The molecule has 90 valence electrons. The van der Waals surface area contributed by atoms with Crippen LogP contribution in [-0.2, 0) is 4.00 Å². The molecule has 0 fully saturated rings. The van der Waals surface area contributed by atoms with Crippen molar-refractivity contribution in [2.45, 2.75) is 13.8 Å². The molecule has 0 bridgehead atoms. The van der Waals surface area contributed by atoms with Gasteiger partial charge in [-0.1, -0.05) is 20.4 Å². The van der Waals surface area contributed by atoms with Crippen LogP contribution in [0.4, 0.5) is 0 Å². The molecule has 0 aliphatic heterocycles. The summed E-state index contributed by atoms with van der Waals surface area (Å²) in [6.45, 7) is 8.09. The maximum absolute atomic E-state index is 8.73. The Balaban J connectivity index is 0. The Kier molecular flexibility index (Phi) is 17.4. The monoisotopic (exact) mass is 583 g/mol. The zero-order valence-corrected chi connectivity index (χ0v) is 15.6. The van der Waals surface area contributed by atoms with Crippen molar-refractivity contribution in [3.63, 3.8) is 0 Å². The Morgan fingerprint density at radius 2 is 1.93 bits per heavy atom.